The summed E-state index contributed by atoms with van der Waals surface area (Å²) >= 11 is 0. The molecule has 2 aliphatic rings. The van der Waals surface area contributed by atoms with E-state index in [1.54, 1.807) is 0 Å². The van der Waals surface area contributed by atoms with Crippen molar-refractivity contribution >= 4 is 17.8 Å². The molecule has 2 unspecified atom stereocenters. The maximum atomic E-state index is 12.4. The average molecular weight is 296 g/mol. The van der Waals surface area contributed by atoms with Crippen LogP contribution < -0.4 is 0 Å². The van der Waals surface area contributed by atoms with Gasteiger partial charge in [0.2, 0.25) is 11.8 Å². The Morgan fingerprint density at radius 3 is 2.57 bits per heavy atom. The number of carboxylic acids is 1. The Morgan fingerprint density at radius 1 is 1.43 bits per heavy atom. The molecule has 0 aromatic rings. The molecule has 2 heterocycles. The normalized spacial score (nSPS) is 30.7. The van der Waals surface area contributed by atoms with Crippen LogP contribution in [0.15, 0.2) is 0 Å². The van der Waals surface area contributed by atoms with E-state index in [0.29, 0.717) is 26.1 Å². The number of likely N-dealkylation sites (tertiary alicyclic amines) is 2. The van der Waals surface area contributed by atoms with Crippen molar-refractivity contribution < 1.29 is 19.5 Å². The van der Waals surface area contributed by atoms with E-state index in [2.05, 4.69) is 0 Å². The van der Waals surface area contributed by atoms with E-state index >= 15 is 0 Å². The Bertz CT molecular complexity index is 463. The fourth-order valence-electron chi connectivity index (χ4n) is 3.43. The molecule has 0 aromatic carbocycles. The van der Waals surface area contributed by atoms with Crippen LogP contribution in [0, 0.1) is 11.3 Å². The molecule has 2 fully saturated rings. The molecule has 118 valence electrons. The lowest BCUT2D eigenvalue weighted by molar-refractivity contribution is -0.151. The molecule has 6 heteroatoms. The molecule has 0 saturated carbocycles. The van der Waals surface area contributed by atoms with Gasteiger partial charge in [-0.3, -0.25) is 24.2 Å². The molecule has 0 aromatic heterocycles. The predicted molar refractivity (Wildman–Crippen MR) is 76.5 cm³/mol. The Hall–Kier alpha value is -1.43. The molecular weight excluding hydrogens is 272 g/mol. The van der Waals surface area contributed by atoms with Crippen molar-refractivity contribution in [3.05, 3.63) is 0 Å². The average Bonchev–Trinajstić information content (AvgIpc) is 2.96. The van der Waals surface area contributed by atoms with Gasteiger partial charge in [0.05, 0.1) is 17.9 Å². The number of hydrogen-bond donors (Lipinski definition) is 1. The van der Waals surface area contributed by atoms with Gasteiger partial charge >= 0.3 is 5.97 Å². The SMILES string of the molecule is CCCN1C(=O)CC(N2CCC(C(=O)O)(C(C)C)C2)C1=O. The van der Waals surface area contributed by atoms with E-state index in [9.17, 15) is 19.5 Å². The topological polar surface area (TPSA) is 77.9 Å². The first-order valence-electron chi connectivity index (χ1n) is 7.65. The number of carbonyl (C=O) groups excluding carboxylic acids is 2. The number of rotatable bonds is 5. The molecule has 21 heavy (non-hydrogen) atoms. The highest BCUT2D eigenvalue weighted by molar-refractivity contribution is 6.05. The molecule has 6 nitrogen and oxygen atoms in total. The van der Waals surface area contributed by atoms with Gasteiger partial charge in [0.1, 0.15) is 0 Å². The third-order valence-electron chi connectivity index (χ3n) is 4.97. The van der Waals surface area contributed by atoms with Gasteiger partial charge in [-0.25, -0.2) is 0 Å². The summed E-state index contributed by atoms with van der Waals surface area (Å²) in [4.78, 5) is 39.2. The van der Waals surface area contributed by atoms with Gasteiger partial charge in [0.25, 0.3) is 0 Å². The predicted octanol–water partition coefficient (Wildman–Crippen LogP) is 0.957. The zero-order chi connectivity index (χ0) is 15.8. The molecular formula is C15H24N2O4. The van der Waals surface area contributed by atoms with Crippen LogP contribution in [0.25, 0.3) is 0 Å². The summed E-state index contributed by atoms with van der Waals surface area (Å²) in [6, 6.07) is -0.468. The van der Waals surface area contributed by atoms with E-state index < -0.39 is 17.4 Å². The Labute approximate surface area is 125 Å². The molecule has 0 radical (unpaired) electrons. The minimum atomic E-state index is -0.804. The van der Waals surface area contributed by atoms with Gasteiger partial charge in [-0.2, -0.15) is 0 Å². The first kappa shape index (κ1) is 15.9. The molecule has 2 aliphatic heterocycles. The number of imide groups is 1. The summed E-state index contributed by atoms with van der Waals surface area (Å²) < 4.78 is 0. The second-order valence-electron chi connectivity index (χ2n) is 6.44. The summed E-state index contributed by atoms with van der Waals surface area (Å²) in [5, 5.41) is 9.56. The molecule has 0 aliphatic carbocycles. The first-order chi connectivity index (χ1) is 9.83. The van der Waals surface area contributed by atoms with Crippen LogP contribution in [0.4, 0.5) is 0 Å². The maximum Gasteiger partial charge on any atom is 0.311 e. The fraction of sp³-hybridized carbons (Fsp3) is 0.800. The number of nitrogens with zero attached hydrogens (tertiary/aromatic N) is 2. The molecule has 0 spiro atoms. The van der Waals surface area contributed by atoms with Gasteiger partial charge in [-0.1, -0.05) is 20.8 Å². The van der Waals surface area contributed by atoms with E-state index in [4.69, 9.17) is 0 Å². The Kier molecular flexibility index (Phi) is 4.37. The highest BCUT2D eigenvalue weighted by atomic mass is 16.4. The van der Waals surface area contributed by atoms with Crippen LogP contribution in [0.5, 0.6) is 0 Å². The Balaban J connectivity index is 2.13. The highest BCUT2D eigenvalue weighted by Crippen LogP contribution is 2.40. The van der Waals surface area contributed by atoms with E-state index in [1.165, 1.54) is 4.90 Å². The first-order valence-corrected chi connectivity index (χ1v) is 7.65. The quantitative estimate of drug-likeness (QED) is 0.764. The van der Waals surface area contributed by atoms with Gasteiger partial charge in [-0.15, -0.1) is 0 Å². The van der Waals surface area contributed by atoms with E-state index in [0.717, 1.165) is 6.42 Å². The van der Waals surface area contributed by atoms with E-state index in [1.807, 2.05) is 25.7 Å². The molecule has 2 amide bonds. The second kappa shape index (κ2) is 5.75. The van der Waals surface area contributed by atoms with Crippen LogP contribution in [0.2, 0.25) is 0 Å². The maximum absolute atomic E-state index is 12.4. The van der Waals surface area contributed by atoms with Crippen LogP contribution in [0.3, 0.4) is 0 Å². The third kappa shape index (κ3) is 2.57. The van der Waals surface area contributed by atoms with Gasteiger partial charge < -0.3 is 5.11 Å². The number of hydrogen-bond acceptors (Lipinski definition) is 4. The summed E-state index contributed by atoms with van der Waals surface area (Å²) in [7, 11) is 0. The standard InChI is InChI=1S/C15H24N2O4/c1-4-6-17-12(18)8-11(13(17)19)16-7-5-15(9-16,10(2)3)14(20)21/h10-11H,4-9H2,1-3H3,(H,20,21). The lowest BCUT2D eigenvalue weighted by atomic mass is 9.76. The van der Waals surface area contributed by atoms with Crippen LogP contribution in [-0.4, -0.2) is 58.4 Å². The summed E-state index contributed by atoms with van der Waals surface area (Å²) in [5.74, 6) is -1.10. The number of aliphatic carboxylic acids is 1. The molecule has 2 saturated heterocycles. The minimum Gasteiger partial charge on any atom is -0.481 e. The number of carboxylic acid groups (broad SMARTS) is 1. The molecule has 2 rings (SSSR count). The smallest absolute Gasteiger partial charge is 0.311 e. The zero-order valence-electron chi connectivity index (χ0n) is 13.0. The minimum absolute atomic E-state index is 0.000971. The number of amides is 2. The Morgan fingerprint density at radius 2 is 2.10 bits per heavy atom. The van der Waals surface area contributed by atoms with Crippen LogP contribution >= 0.6 is 0 Å². The molecule has 0 bridgehead atoms. The molecule has 2 atom stereocenters. The fourth-order valence-corrected chi connectivity index (χ4v) is 3.43. The van der Waals surface area contributed by atoms with Gasteiger partial charge in [0, 0.05) is 19.6 Å². The number of carbonyl (C=O) groups is 3. The van der Waals surface area contributed by atoms with Crippen molar-refractivity contribution in [3.8, 4) is 0 Å². The lowest BCUT2D eigenvalue weighted by Crippen LogP contribution is -2.44. The van der Waals surface area contributed by atoms with Crippen molar-refractivity contribution in [3.63, 3.8) is 0 Å². The highest BCUT2D eigenvalue weighted by Gasteiger charge is 2.52. The zero-order valence-corrected chi connectivity index (χ0v) is 13.0. The van der Waals surface area contributed by atoms with E-state index in [-0.39, 0.29) is 24.2 Å². The summed E-state index contributed by atoms with van der Waals surface area (Å²) in [5.41, 5.74) is -0.804. The van der Waals surface area contributed by atoms with Gasteiger partial charge in [-0.05, 0) is 18.8 Å². The summed E-state index contributed by atoms with van der Waals surface area (Å²) in [6.45, 7) is 7.11. The van der Waals surface area contributed by atoms with Crippen molar-refractivity contribution in [2.45, 2.75) is 46.1 Å². The van der Waals surface area contributed by atoms with Crippen molar-refractivity contribution in [2.75, 3.05) is 19.6 Å². The molecule has 1 N–H and O–H groups in total. The van der Waals surface area contributed by atoms with Crippen LogP contribution in [-0.2, 0) is 14.4 Å². The largest absolute Gasteiger partial charge is 0.481 e. The van der Waals surface area contributed by atoms with Crippen molar-refractivity contribution in [2.24, 2.45) is 11.3 Å². The van der Waals surface area contributed by atoms with Gasteiger partial charge in [0.15, 0.2) is 0 Å². The van der Waals surface area contributed by atoms with Crippen LogP contribution in [0.1, 0.15) is 40.0 Å². The third-order valence-corrected chi connectivity index (χ3v) is 4.97. The summed E-state index contributed by atoms with van der Waals surface area (Å²) in [6.07, 6.45) is 1.47. The monoisotopic (exact) mass is 296 g/mol. The second-order valence-corrected chi connectivity index (χ2v) is 6.44. The van der Waals surface area contributed by atoms with Crippen molar-refractivity contribution in [1.29, 1.82) is 0 Å². The lowest BCUT2D eigenvalue weighted by Gasteiger charge is -2.30. The van der Waals surface area contributed by atoms with Crippen molar-refractivity contribution in [1.82, 2.24) is 9.80 Å².